The van der Waals surface area contributed by atoms with E-state index in [1.165, 1.54) is 18.3 Å². The summed E-state index contributed by atoms with van der Waals surface area (Å²) in [7, 11) is 0. The van der Waals surface area contributed by atoms with Crippen molar-refractivity contribution in [2.45, 2.75) is 26.3 Å². The Morgan fingerprint density at radius 2 is 1.94 bits per heavy atom. The van der Waals surface area contributed by atoms with E-state index in [1.54, 1.807) is 41.2 Å². The molecule has 0 aliphatic carbocycles. The molecule has 8 nitrogen and oxygen atoms in total. The number of pyridine rings is 2. The lowest BCUT2D eigenvalue weighted by atomic mass is 10.2. The van der Waals surface area contributed by atoms with Crippen LogP contribution < -0.4 is 10.6 Å². The van der Waals surface area contributed by atoms with Crippen LogP contribution in [0, 0.1) is 0 Å². The molecule has 0 saturated carbocycles. The number of hydrogen-bond donors (Lipinski definition) is 2. The van der Waals surface area contributed by atoms with Gasteiger partial charge in [-0.25, -0.2) is 23.3 Å². The Morgan fingerprint density at radius 3 is 2.71 bits per heavy atom. The Bertz CT molecular complexity index is 1240. The summed E-state index contributed by atoms with van der Waals surface area (Å²) in [4.78, 5) is 25.1. The van der Waals surface area contributed by atoms with E-state index in [1.807, 2.05) is 13.8 Å². The predicted octanol–water partition coefficient (Wildman–Crippen LogP) is 4.01. The maximum absolute atomic E-state index is 13.1. The highest BCUT2D eigenvalue weighted by Crippen LogP contribution is 2.26. The van der Waals surface area contributed by atoms with Crippen molar-refractivity contribution in [2.75, 3.05) is 5.32 Å². The van der Waals surface area contributed by atoms with E-state index in [9.17, 15) is 13.6 Å². The van der Waals surface area contributed by atoms with Gasteiger partial charge in [-0.2, -0.15) is 0 Å². The van der Waals surface area contributed by atoms with Crippen molar-refractivity contribution in [3.05, 3.63) is 66.2 Å². The molecule has 0 aromatic carbocycles. The molecule has 0 unspecified atom stereocenters. The first kappa shape index (κ1) is 20.3. The summed E-state index contributed by atoms with van der Waals surface area (Å²) in [6.45, 7) is 3.73. The lowest BCUT2D eigenvalue weighted by Gasteiger charge is -2.14. The number of carbonyl (C=O) groups excluding carboxylic acids is 1. The molecule has 0 aliphatic heterocycles. The molecule has 158 valence electrons. The zero-order chi connectivity index (χ0) is 22.0. The Morgan fingerprint density at radius 1 is 1.10 bits per heavy atom. The molecule has 0 saturated heterocycles. The van der Waals surface area contributed by atoms with E-state index in [4.69, 9.17) is 0 Å². The second kappa shape index (κ2) is 8.42. The van der Waals surface area contributed by atoms with E-state index in [-0.39, 0.29) is 29.2 Å². The number of carbonyl (C=O) groups is 1. The summed E-state index contributed by atoms with van der Waals surface area (Å²) in [5.74, 6) is 0.276. The van der Waals surface area contributed by atoms with Gasteiger partial charge in [0.25, 0.3) is 12.3 Å². The Balaban J connectivity index is 1.77. The summed E-state index contributed by atoms with van der Waals surface area (Å²) in [5, 5.41) is 10.4. The molecule has 0 spiro atoms. The number of hydrogen-bond acceptors (Lipinski definition) is 6. The molecule has 1 amide bonds. The Kier molecular flexibility index (Phi) is 5.52. The van der Waals surface area contributed by atoms with Crippen LogP contribution in [-0.2, 0) is 0 Å². The zero-order valence-electron chi connectivity index (χ0n) is 16.8. The second-order valence-electron chi connectivity index (χ2n) is 7.04. The van der Waals surface area contributed by atoms with Gasteiger partial charge in [0.15, 0.2) is 5.82 Å². The van der Waals surface area contributed by atoms with Crippen molar-refractivity contribution >= 4 is 22.9 Å². The fourth-order valence-corrected chi connectivity index (χ4v) is 2.98. The number of rotatable bonds is 6. The van der Waals surface area contributed by atoms with Crippen LogP contribution in [0.5, 0.6) is 0 Å². The standard InChI is InChI=1S/C21H19F2N7O/c1-12(2)25-21(31)13-11-24-9-8-14(13)27-20-17-7-4-10-30(17)29-19(28-20)16-6-3-5-15(26-16)18(22)23/h3-12,18H,1-2H3,(H,25,31)(H,24,27,28,29). The third-order valence-electron chi connectivity index (χ3n) is 4.35. The highest BCUT2D eigenvalue weighted by Gasteiger charge is 2.17. The van der Waals surface area contributed by atoms with Gasteiger partial charge < -0.3 is 10.6 Å². The highest BCUT2D eigenvalue weighted by molar-refractivity contribution is 6.00. The maximum Gasteiger partial charge on any atom is 0.280 e. The summed E-state index contributed by atoms with van der Waals surface area (Å²) >= 11 is 0. The van der Waals surface area contributed by atoms with Crippen LogP contribution in [0.15, 0.2) is 55.0 Å². The molecule has 2 N–H and O–H groups in total. The molecule has 4 rings (SSSR count). The zero-order valence-corrected chi connectivity index (χ0v) is 16.8. The van der Waals surface area contributed by atoms with Crippen molar-refractivity contribution in [3.63, 3.8) is 0 Å². The minimum atomic E-state index is -2.70. The van der Waals surface area contributed by atoms with E-state index < -0.39 is 6.43 Å². The van der Waals surface area contributed by atoms with Crippen molar-refractivity contribution in [2.24, 2.45) is 0 Å². The third-order valence-corrected chi connectivity index (χ3v) is 4.35. The second-order valence-corrected chi connectivity index (χ2v) is 7.04. The van der Waals surface area contributed by atoms with Gasteiger partial charge in [0.05, 0.1) is 11.3 Å². The van der Waals surface area contributed by atoms with Crippen molar-refractivity contribution in [1.29, 1.82) is 0 Å². The quantitative estimate of drug-likeness (QED) is 0.487. The number of fused-ring (bicyclic) bond motifs is 1. The maximum atomic E-state index is 13.1. The number of nitrogens with one attached hydrogen (secondary N) is 2. The van der Waals surface area contributed by atoms with Crippen LogP contribution in [0.4, 0.5) is 20.3 Å². The van der Waals surface area contributed by atoms with Gasteiger partial charge in [-0.05, 0) is 44.2 Å². The van der Waals surface area contributed by atoms with E-state index >= 15 is 0 Å². The van der Waals surface area contributed by atoms with Crippen LogP contribution in [0.25, 0.3) is 17.0 Å². The number of aromatic nitrogens is 5. The molecule has 31 heavy (non-hydrogen) atoms. The van der Waals surface area contributed by atoms with Crippen LogP contribution >= 0.6 is 0 Å². The van der Waals surface area contributed by atoms with Gasteiger partial charge in [0.1, 0.15) is 16.9 Å². The predicted molar refractivity (Wildman–Crippen MR) is 111 cm³/mol. The lowest BCUT2D eigenvalue weighted by Crippen LogP contribution is -2.30. The monoisotopic (exact) mass is 423 g/mol. The molecule has 0 aliphatic rings. The average Bonchev–Trinajstić information content (AvgIpc) is 3.23. The molecule has 0 atom stereocenters. The molecule has 4 aromatic rings. The molecular formula is C21H19F2N7O. The van der Waals surface area contributed by atoms with E-state index in [2.05, 4.69) is 30.7 Å². The highest BCUT2D eigenvalue weighted by atomic mass is 19.3. The van der Waals surface area contributed by atoms with Crippen molar-refractivity contribution < 1.29 is 13.6 Å². The molecule has 0 fully saturated rings. The first-order valence-corrected chi connectivity index (χ1v) is 9.55. The third kappa shape index (κ3) is 4.32. The lowest BCUT2D eigenvalue weighted by molar-refractivity contribution is 0.0943. The number of alkyl halides is 2. The number of anilines is 2. The Labute approximate surface area is 176 Å². The number of amides is 1. The summed E-state index contributed by atoms with van der Waals surface area (Å²) in [6.07, 6.45) is 2.03. The van der Waals surface area contributed by atoms with Crippen molar-refractivity contribution in [1.82, 2.24) is 29.9 Å². The molecular weight excluding hydrogens is 404 g/mol. The first-order chi connectivity index (χ1) is 14.9. The molecule has 4 aromatic heterocycles. The van der Waals surface area contributed by atoms with Crippen LogP contribution in [0.1, 0.15) is 36.3 Å². The van der Waals surface area contributed by atoms with Crippen molar-refractivity contribution in [3.8, 4) is 11.5 Å². The minimum Gasteiger partial charge on any atom is -0.350 e. The summed E-state index contributed by atoms with van der Waals surface area (Å²) < 4.78 is 27.7. The Hall–Kier alpha value is -3.95. The number of nitrogens with zero attached hydrogens (tertiary/aromatic N) is 5. The van der Waals surface area contributed by atoms with Crippen LogP contribution in [0.3, 0.4) is 0 Å². The van der Waals surface area contributed by atoms with Crippen LogP contribution in [0.2, 0.25) is 0 Å². The summed E-state index contributed by atoms with van der Waals surface area (Å²) in [6, 6.07) is 9.48. The van der Waals surface area contributed by atoms with Crippen LogP contribution in [-0.4, -0.2) is 36.5 Å². The number of halogens is 2. The topological polar surface area (TPSA) is 97.1 Å². The van der Waals surface area contributed by atoms with Gasteiger partial charge in [-0.1, -0.05) is 6.07 Å². The summed E-state index contributed by atoms with van der Waals surface area (Å²) in [5.41, 5.74) is 1.34. The fraction of sp³-hybridized carbons (Fsp3) is 0.190. The molecule has 0 bridgehead atoms. The largest absolute Gasteiger partial charge is 0.350 e. The van der Waals surface area contributed by atoms with E-state index in [0.29, 0.717) is 22.6 Å². The molecule has 4 heterocycles. The molecule has 0 radical (unpaired) electrons. The van der Waals surface area contributed by atoms with Gasteiger partial charge in [-0.15, -0.1) is 5.10 Å². The minimum absolute atomic E-state index is 0.0447. The van der Waals surface area contributed by atoms with Gasteiger partial charge in [0, 0.05) is 24.6 Å². The van der Waals surface area contributed by atoms with Gasteiger partial charge >= 0.3 is 0 Å². The van der Waals surface area contributed by atoms with Gasteiger partial charge in [-0.3, -0.25) is 9.78 Å². The van der Waals surface area contributed by atoms with Gasteiger partial charge in [0.2, 0.25) is 5.82 Å². The van der Waals surface area contributed by atoms with E-state index in [0.717, 1.165) is 0 Å². The normalized spacial score (nSPS) is 11.3. The fourth-order valence-electron chi connectivity index (χ4n) is 2.98. The average molecular weight is 423 g/mol. The SMILES string of the molecule is CC(C)NC(=O)c1cnccc1Nc1nc(-c2cccc(C(F)F)n2)nn2cccc12. The molecule has 10 heteroatoms. The smallest absolute Gasteiger partial charge is 0.280 e. The first-order valence-electron chi connectivity index (χ1n) is 9.55.